The molecule has 1 atom stereocenters. The van der Waals surface area contributed by atoms with E-state index in [4.69, 9.17) is 22.1 Å². The molecule has 1 aliphatic heterocycles. The Hall–Kier alpha value is -0.770. The van der Waals surface area contributed by atoms with Gasteiger partial charge in [0.25, 0.3) is 0 Å². The highest BCUT2D eigenvalue weighted by Gasteiger charge is 2.20. The molecule has 4 heteroatoms. The minimum atomic E-state index is 0.529. The van der Waals surface area contributed by atoms with Crippen molar-refractivity contribution in [3.63, 3.8) is 0 Å². The monoisotopic (exact) mass is 268 g/mol. The smallest absolute Gasteiger partial charge is 0.120 e. The summed E-state index contributed by atoms with van der Waals surface area (Å²) in [5.74, 6) is 0.837. The zero-order valence-corrected chi connectivity index (χ0v) is 11.4. The van der Waals surface area contributed by atoms with Crippen LogP contribution in [-0.2, 0) is 0 Å². The Balaban J connectivity index is 1.77. The van der Waals surface area contributed by atoms with Gasteiger partial charge in [-0.1, -0.05) is 24.1 Å². The number of rotatable bonds is 5. The summed E-state index contributed by atoms with van der Waals surface area (Å²) in [5.41, 5.74) is 5.80. The number of likely N-dealkylation sites (tertiary alicyclic amines) is 1. The molecule has 1 aromatic rings. The second-order valence-corrected chi connectivity index (χ2v) is 5.16. The lowest BCUT2D eigenvalue weighted by molar-refractivity contribution is 0.127. The van der Waals surface area contributed by atoms with E-state index < -0.39 is 0 Å². The van der Waals surface area contributed by atoms with E-state index in [2.05, 4.69) is 4.90 Å². The van der Waals surface area contributed by atoms with Crippen LogP contribution in [0.1, 0.15) is 19.3 Å². The molecular formula is C14H21ClN2O. The number of hydrogen-bond donors (Lipinski definition) is 1. The van der Waals surface area contributed by atoms with Crippen molar-refractivity contribution in [2.24, 2.45) is 5.73 Å². The predicted molar refractivity (Wildman–Crippen MR) is 75.2 cm³/mol. The third kappa shape index (κ3) is 3.87. The minimum Gasteiger partial charge on any atom is -0.492 e. The Morgan fingerprint density at radius 2 is 2.28 bits per heavy atom. The van der Waals surface area contributed by atoms with Crippen molar-refractivity contribution in [2.45, 2.75) is 25.3 Å². The normalized spacial score (nSPS) is 20.9. The first kappa shape index (κ1) is 13.7. The summed E-state index contributed by atoms with van der Waals surface area (Å²) in [5, 5.41) is 0.713. The van der Waals surface area contributed by atoms with E-state index in [1.807, 2.05) is 24.3 Å². The summed E-state index contributed by atoms with van der Waals surface area (Å²) in [6, 6.07) is 8.06. The van der Waals surface area contributed by atoms with E-state index in [-0.39, 0.29) is 0 Å². The van der Waals surface area contributed by atoms with Crippen molar-refractivity contribution in [2.75, 3.05) is 26.2 Å². The van der Waals surface area contributed by atoms with Crippen LogP contribution < -0.4 is 10.5 Å². The van der Waals surface area contributed by atoms with Gasteiger partial charge >= 0.3 is 0 Å². The molecule has 0 aromatic heterocycles. The summed E-state index contributed by atoms with van der Waals surface area (Å²) < 4.78 is 5.72. The first-order chi connectivity index (χ1) is 8.79. The first-order valence-electron chi connectivity index (χ1n) is 6.62. The van der Waals surface area contributed by atoms with Crippen molar-refractivity contribution in [3.8, 4) is 5.75 Å². The van der Waals surface area contributed by atoms with E-state index in [1.165, 1.54) is 19.3 Å². The van der Waals surface area contributed by atoms with Gasteiger partial charge in [0, 0.05) is 24.2 Å². The molecule has 18 heavy (non-hydrogen) atoms. The van der Waals surface area contributed by atoms with Crippen molar-refractivity contribution in [3.05, 3.63) is 29.3 Å². The fourth-order valence-corrected chi connectivity index (χ4v) is 2.64. The van der Waals surface area contributed by atoms with Gasteiger partial charge in [-0.05, 0) is 37.6 Å². The average Bonchev–Trinajstić information content (AvgIpc) is 2.39. The van der Waals surface area contributed by atoms with Gasteiger partial charge in [0.05, 0.1) is 0 Å². The van der Waals surface area contributed by atoms with Gasteiger partial charge in [0.2, 0.25) is 0 Å². The van der Waals surface area contributed by atoms with Crippen molar-refractivity contribution in [1.82, 2.24) is 4.90 Å². The van der Waals surface area contributed by atoms with Crippen molar-refractivity contribution >= 4 is 11.6 Å². The second kappa shape index (κ2) is 6.98. The van der Waals surface area contributed by atoms with Gasteiger partial charge in [-0.2, -0.15) is 0 Å². The molecule has 0 spiro atoms. The van der Waals surface area contributed by atoms with E-state index >= 15 is 0 Å². The van der Waals surface area contributed by atoms with Gasteiger partial charge in [-0.3, -0.25) is 4.90 Å². The standard InChI is InChI=1S/C14H21ClN2O/c15-12-4-3-6-14(10-12)18-9-8-17-7-2-1-5-13(17)11-16/h3-4,6,10,13H,1-2,5,7-9,11,16H2. The summed E-state index contributed by atoms with van der Waals surface area (Å²) >= 11 is 5.91. The number of piperidine rings is 1. The third-order valence-corrected chi connectivity index (χ3v) is 3.70. The van der Waals surface area contributed by atoms with Crippen molar-refractivity contribution in [1.29, 1.82) is 0 Å². The second-order valence-electron chi connectivity index (χ2n) is 4.73. The molecule has 0 bridgehead atoms. The van der Waals surface area contributed by atoms with Gasteiger partial charge in [-0.25, -0.2) is 0 Å². The lowest BCUT2D eigenvalue weighted by atomic mass is 10.0. The fourth-order valence-electron chi connectivity index (χ4n) is 2.46. The van der Waals surface area contributed by atoms with Crippen LogP contribution in [0.2, 0.25) is 5.02 Å². The highest BCUT2D eigenvalue weighted by Crippen LogP contribution is 2.18. The molecule has 1 unspecified atom stereocenters. The maximum absolute atomic E-state index is 5.91. The number of nitrogens with two attached hydrogens (primary N) is 1. The molecule has 0 saturated carbocycles. The Morgan fingerprint density at radius 3 is 3.06 bits per heavy atom. The molecular weight excluding hydrogens is 248 g/mol. The summed E-state index contributed by atoms with van der Waals surface area (Å²) in [7, 11) is 0. The molecule has 100 valence electrons. The van der Waals surface area contributed by atoms with Crippen LogP contribution >= 0.6 is 11.6 Å². The molecule has 2 rings (SSSR count). The van der Waals surface area contributed by atoms with Crippen LogP contribution in [0.15, 0.2) is 24.3 Å². The van der Waals surface area contributed by atoms with Crippen LogP contribution in [-0.4, -0.2) is 37.2 Å². The van der Waals surface area contributed by atoms with Crippen LogP contribution in [0.5, 0.6) is 5.75 Å². The lowest BCUT2D eigenvalue weighted by Crippen LogP contribution is -2.45. The molecule has 1 fully saturated rings. The Morgan fingerprint density at radius 1 is 1.39 bits per heavy atom. The number of benzene rings is 1. The third-order valence-electron chi connectivity index (χ3n) is 3.46. The van der Waals surface area contributed by atoms with Gasteiger partial charge in [0.1, 0.15) is 12.4 Å². The van der Waals surface area contributed by atoms with Crippen LogP contribution in [0.25, 0.3) is 0 Å². The predicted octanol–water partition coefficient (Wildman–Crippen LogP) is 2.53. The first-order valence-corrected chi connectivity index (χ1v) is 7.00. The Kier molecular flexibility index (Phi) is 5.29. The van der Waals surface area contributed by atoms with Crippen LogP contribution in [0, 0.1) is 0 Å². The maximum Gasteiger partial charge on any atom is 0.120 e. The van der Waals surface area contributed by atoms with E-state index in [0.29, 0.717) is 17.7 Å². The van der Waals surface area contributed by atoms with Gasteiger partial charge in [0.15, 0.2) is 0 Å². The fraction of sp³-hybridized carbons (Fsp3) is 0.571. The molecule has 1 aromatic carbocycles. The summed E-state index contributed by atoms with van der Waals surface area (Å²) in [6.45, 7) is 3.52. The van der Waals surface area contributed by atoms with E-state index in [9.17, 15) is 0 Å². The van der Waals surface area contributed by atoms with E-state index in [1.54, 1.807) is 0 Å². The molecule has 1 heterocycles. The zero-order chi connectivity index (χ0) is 12.8. The highest BCUT2D eigenvalue weighted by atomic mass is 35.5. The van der Waals surface area contributed by atoms with E-state index in [0.717, 1.165) is 25.4 Å². The molecule has 0 aliphatic carbocycles. The molecule has 2 N–H and O–H groups in total. The maximum atomic E-state index is 5.91. The number of halogens is 1. The lowest BCUT2D eigenvalue weighted by Gasteiger charge is -2.34. The number of ether oxygens (including phenoxy) is 1. The van der Waals surface area contributed by atoms with Crippen LogP contribution in [0.3, 0.4) is 0 Å². The zero-order valence-electron chi connectivity index (χ0n) is 10.6. The quantitative estimate of drug-likeness (QED) is 0.892. The average molecular weight is 269 g/mol. The Bertz CT molecular complexity index is 373. The van der Waals surface area contributed by atoms with Crippen molar-refractivity contribution < 1.29 is 4.74 Å². The summed E-state index contributed by atoms with van der Waals surface area (Å²) in [4.78, 5) is 2.44. The number of hydrogen-bond acceptors (Lipinski definition) is 3. The molecule has 0 amide bonds. The largest absolute Gasteiger partial charge is 0.492 e. The minimum absolute atomic E-state index is 0.529. The van der Waals surface area contributed by atoms with Gasteiger partial charge < -0.3 is 10.5 Å². The van der Waals surface area contributed by atoms with Crippen LogP contribution in [0.4, 0.5) is 0 Å². The highest BCUT2D eigenvalue weighted by molar-refractivity contribution is 6.30. The number of nitrogens with zero attached hydrogens (tertiary/aromatic N) is 1. The summed E-state index contributed by atoms with van der Waals surface area (Å²) in [6.07, 6.45) is 3.79. The molecule has 0 radical (unpaired) electrons. The topological polar surface area (TPSA) is 38.5 Å². The Labute approximate surface area is 114 Å². The van der Waals surface area contributed by atoms with Gasteiger partial charge in [-0.15, -0.1) is 0 Å². The molecule has 1 saturated heterocycles. The SMILES string of the molecule is NCC1CCCCN1CCOc1cccc(Cl)c1. The molecule has 1 aliphatic rings. The molecule has 3 nitrogen and oxygen atoms in total.